The molecular weight excluding hydrogens is 315 g/mol. The highest BCUT2D eigenvalue weighted by Gasteiger charge is 2.14. The van der Waals surface area contributed by atoms with Gasteiger partial charge in [0.15, 0.2) is 0 Å². The van der Waals surface area contributed by atoms with Gasteiger partial charge in [0.2, 0.25) is 0 Å². The van der Waals surface area contributed by atoms with E-state index < -0.39 is 11.8 Å². The number of aryl methyl sites for hydroxylation is 1. The van der Waals surface area contributed by atoms with Crippen LogP contribution in [0.1, 0.15) is 15.9 Å². The van der Waals surface area contributed by atoms with Crippen LogP contribution in [0.15, 0.2) is 40.9 Å². The average molecular weight is 325 g/mol. The molecule has 0 spiro atoms. The maximum Gasteiger partial charge on any atom is 0.339 e. The fourth-order valence-electron chi connectivity index (χ4n) is 1.61. The van der Waals surface area contributed by atoms with E-state index in [4.69, 9.17) is 9.84 Å². The summed E-state index contributed by atoms with van der Waals surface area (Å²) in [5, 5.41) is 9.12. The monoisotopic (exact) mass is 324 g/mol. The number of para-hydroxylation sites is 1. The zero-order valence-corrected chi connectivity index (χ0v) is 11.6. The zero-order valence-electron chi connectivity index (χ0n) is 9.98. The first kappa shape index (κ1) is 13.5. The summed E-state index contributed by atoms with van der Waals surface area (Å²) in [6, 6.07) is 9.00. The Morgan fingerprint density at radius 1 is 1.32 bits per heavy atom. The van der Waals surface area contributed by atoms with Crippen molar-refractivity contribution in [2.45, 2.75) is 6.92 Å². The molecule has 2 rings (SSSR count). The first-order valence-corrected chi connectivity index (χ1v) is 6.24. The molecule has 0 bridgehead atoms. The van der Waals surface area contributed by atoms with E-state index in [1.165, 1.54) is 24.3 Å². The van der Waals surface area contributed by atoms with Crippen molar-refractivity contribution in [1.82, 2.24) is 0 Å². The molecule has 5 heteroatoms. The maximum atomic E-state index is 13.1. The lowest BCUT2D eigenvalue weighted by atomic mass is 10.1. The highest BCUT2D eigenvalue weighted by molar-refractivity contribution is 9.10. The topological polar surface area (TPSA) is 46.5 Å². The quantitative estimate of drug-likeness (QED) is 0.910. The minimum atomic E-state index is -1.07. The Balaban J connectivity index is 2.42. The van der Waals surface area contributed by atoms with Crippen LogP contribution in [0.3, 0.4) is 0 Å². The lowest BCUT2D eigenvalue weighted by molar-refractivity contribution is 0.0694. The van der Waals surface area contributed by atoms with E-state index in [0.717, 1.165) is 0 Å². The number of aromatic carboxylic acids is 1. The molecule has 2 aromatic carbocycles. The molecule has 0 aromatic heterocycles. The van der Waals surface area contributed by atoms with Crippen molar-refractivity contribution in [2.24, 2.45) is 0 Å². The van der Waals surface area contributed by atoms with E-state index >= 15 is 0 Å². The van der Waals surface area contributed by atoms with Crippen molar-refractivity contribution in [3.8, 4) is 11.5 Å². The third kappa shape index (κ3) is 2.93. The van der Waals surface area contributed by atoms with Crippen LogP contribution in [0.2, 0.25) is 0 Å². The van der Waals surface area contributed by atoms with Crippen molar-refractivity contribution in [2.75, 3.05) is 0 Å². The summed E-state index contributed by atoms with van der Waals surface area (Å²) < 4.78 is 18.9. The predicted molar refractivity (Wildman–Crippen MR) is 72.3 cm³/mol. The number of halogens is 2. The SMILES string of the molecule is Cc1cccc(C(=O)O)c1Oc1ccc(F)c(Br)c1. The first-order chi connectivity index (χ1) is 8.99. The molecule has 0 saturated carbocycles. The molecule has 0 aliphatic heterocycles. The number of carboxylic acid groups (broad SMARTS) is 1. The molecule has 0 saturated heterocycles. The molecule has 19 heavy (non-hydrogen) atoms. The van der Waals surface area contributed by atoms with Crippen molar-refractivity contribution >= 4 is 21.9 Å². The summed E-state index contributed by atoms with van der Waals surface area (Å²) in [7, 11) is 0. The lowest BCUT2D eigenvalue weighted by Gasteiger charge is -2.11. The highest BCUT2D eigenvalue weighted by Crippen LogP contribution is 2.31. The van der Waals surface area contributed by atoms with Gasteiger partial charge in [-0.3, -0.25) is 0 Å². The number of rotatable bonds is 3. The molecule has 0 radical (unpaired) electrons. The summed E-state index contributed by atoms with van der Waals surface area (Å²) in [4.78, 5) is 11.1. The average Bonchev–Trinajstić information content (AvgIpc) is 2.36. The van der Waals surface area contributed by atoms with Gasteiger partial charge < -0.3 is 9.84 Å². The Labute approximate surface area is 117 Å². The van der Waals surface area contributed by atoms with Crippen LogP contribution in [0.25, 0.3) is 0 Å². The minimum absolute atomic E-state index is 0.0699. The second-order valence-electron chi connectivity index (χ2n) is 3.93. The molecule has 0 atom stereocenters. The molecule has 0 aliphatic carbocycles. The van der Waals surface area contributed by atoms with Gasteiger partial charge in [0.25, 0.3) is 0 Å². The minimum Gasteiger partial charge on any atom is -0.478 e. The number of ether oxygens (including phenoxy) is 1. The van der Waals surface area contributed by atoms with Crippen molar-refractivity contribution in [3.63, 3.8) is 0 Å². The number of benzene rings is 2. The van der Waals surface area contributed by atoms with Gasteiger partial charge in [-0.15, -0.1) is 0 Å². The van der Waals surface area contributed by atoms with Crippen LogP contribution >= 0.6 is 15.9 Å². The standard InChI is InChI=1S/C14H10BrFO3/c1-8-3-2-4-10(14(17)18)13(8)19-9-5-6-12(16)11(15)7-9/h2-7H,1H3,(H,17,18). The molecule has 0 fully saturated rings. The molecule has 1 N–H and O–H groups in total. The van der Waals surface area contributed by atoms with Gasteiger partial charge in [0, 0.05) is 0 Å². The fraction of sp³-hybridized carbons (Fsp3) is 0.0714. The zero-order chi connectivity index (χ0) is 14.0. The molecule has 0 heterocycles. The fourth-order valence-corrected chi connectivity index (χ4v) is 1.97. The Kier molecular flexibility index (Phi) is 3.85. The van der Waals surface area contributed by atoms with Crippen molar-refractivity contribution in [1.29, 1.82) is 0 Å². The Bertz CT molecular complexity index is 641. The highest BCUT2D eigenvalue weighted by atomic mass is 79.9. The van der Waals surface area contributed by atoms with Crippen LogP contribution in [-0.4, -0.2) is 11.1 Å². The van der Waals surface area contributed by atoms with Gasteiger partial charge in [0.1, 0.15) is 22.9 Å². The van der Waals surface area contributed by atoms with Crippen LogP contribution in [-0.2, 0) is 0 Å². The number of hydrogen-bond donors (Lipinski definition) is 1. The van der Waals surface area contributed by atoms with E-state index in [-0.39, 0.29) is 15.8 Å². The second kappa shape index (κ2) is 5.40. The van der Waals surface area contributed by atoms with Crippen LogP contribution in [0.4, 0.5) is 4.39 Å². The van der Waals surface area contributed by atoms with E-state index in [1.807, 2.05) is 0 Å². The van der Waals surface area contributed by atoms with E-state index in [1.54, 1.807) is 19.1 Å². The van der Waals surface area contributed by atoms with E-state index in [9.17, 15) is 9.18 Å². The van der Waals surface area contributed by atoms with Gasteiger partial charge in [-0.2, -0.15) is 0 Å². The molecule has 3 nitrogen and oxygen atoms in total. The summed E-state index contributed by atoms with van der Waals surface area (Å²) in [6.07, 6.45) is 0. The third-order valence-corrected chi connectivity index (χ3v) is 3.16. The van der Waals surface area contributed by atoms with Gasteiger partial charge in [0.05, 0.1) is 4.47 Å². The van der Waals surface area contributed by atoms with Gasteiger partial charge in [-0.1, -0.05) is 12.1 Å². The summed E-state index contributed by atoms with van der Waals surface area (Å²) in [5.74, 6) is -0.853. The van der Waals surface area contributed by atoms with E-state index in [2.05, 4.69) is 15.9 Å². The van der Waals surface area contributed by atoms with Crippen LogP contribution in [0, 0.1) is 12.7 Å². The van der Waals surface area contributed by atoms with Gasteiger partial charge in [-0.25, -0.2) is 9.18 Å². The molecule has 0 amide bonds. The van der Waals surface area contributed by atoms with Crippen LogP contribution < -0.4 is 4.74 Å². The maximum absolute atomic E-state index is 13.1. The largest absolute Gasteiger partial charge is 0.478 e. The first-order valence-electron chi connectivity index (χ1n) is 5.45. The lowest BCUT2D eigenvalue weighted by Crippen LogP contribution is -2.01. The summed E-state index contributed by atoms with van der Waals surface area (Å²) >= 11 is 3.05. The number of hydrogen-bond acceptors (Lipinski definition) is 2. The Morgan fingerprint density at radius 2 is 2.05 bits per heavy atom. The smallest absolute Gasteiger partial charge is 0.339 e. The van der Waals surface area contributed by atoms with Crippen molar-refractivity contribution < 1.29 is 19.0 Å². The third-order valence-electron chi connectivity index (χ3n) is 2.55. The molecule has 0 aliphatic rings. The molecule has 98 valence electrons. The van der Waals surface area contributed by atoms with Gasteiger partial charge in [-0.05, 0) is 52.7 Å². The summed E-state index contributed by atoms with van der Waals surface area (Å²) in [5.41, 5.74) is 0.765. The Hall–Kier alpha value is -1.88. The van der Waals surface area contributed by atoms with Crippen LogP contribution in [0.5, 0.6) is 11.5 Å². The Morgan fingerprint density at radius 3 is 2.68 bits per heavy atom. The molecule has 2 aromatic rings. The predicted octanol–water partition coefficient (Wildman–Crippen LogP) is 4.39. The number of carbonyl (C=O) groups is 1. The normalized spacial score (nSPS) is 10.3. The van der Waals surface area contributed by atoms with Crippen molar-refractivity contribution in [3.05, 3.63) is 57.8 Å². The second-order valence-corrected chi connectivity index (χ2v) is 4.79. The summed E-state index contributed by atoms with van der Waals surface area (Å²) in [6.45, 7) is 1.75. The molecule has 0 unspecified atom stereocenters. The molecular formula is C14H10BrFO3. The van der Waals surface area contributed by atoms with Gasteiger partial charge >= 0.3 is 5.97 Å². The van der Waals surface area contributed by atoms with E-state index in [0.29, 0.717) is 11.3 Å². The number of carboxylic acids is 1.